The van der Waals surface area contributed by atoms with Gasteiger partial charge in [-0.05, 0) is 37.7 Å². The van der Waals surface area contributed by atoms with Crippen molar-refractivity contribution in [3.63, 3.8) is 0 Å². The molecule has 1 aromatic carbocycles. The number of aromatic nitrogens is 2. The number of rotatable bonds is 6. The van der Waals surface area contributed by atoms with Gasteiger partial charge in [-0.2, -0.15) is 0 Å². The number of carbonyl (C=O) groups is 1. The van der Waals surface area contributed by atoms with Crippen LogP contribution in [-0.2, 0) is 4.79 Å². The van der Waals surface area contributed by atoms with Crippen LogP contribution in [0, 0.1) is 3.95 Å². The van der Waals surface area contributed by atoms with Gasteiger partial charge in [0.1, 0.15) is 0 Å². The summed E-state index contributed by atoms with van der Waals surface area (Å²) in [6, 6.07) is 9.97. The van der Waals surface area contributed by atoms with E-state index in [0.717, 1.165) is 16.4 Å². The van der Waals surface area contributed by atoms with E-state index >= 15 is 0 Å². The van der Waals surface area contributed by atoms with Crippen LogP contribution in [0.4, 0.5) is 0 Å². The highest BCUT2D eigenvalue weighted by atomic mass is 32.2. The SMILES string of the molecule is CC[C@H](C)NC(=O)CSc1nn(-c2ccccc2)c(=S)s1. The summed E-state index contributed by atoms with van der Waals surface area (Å²) in [6.45, 7) is 4.04. The Balaban J connectivity index is 2.00. The van der Waals surface area contributed by atoms with Gasteiger partial charge in [0.25, 0.3) is 0 Å². The maximum Gasteiger partial charge on any atom is 0.230 e. The van der Waals surface area contributed by atoms with Gasteiger partial charge in [0.15, 0.2) is 8.29 Å². The lowest BCUT2D eigenvalue weighted by atomic mass is 10.3. The molecule has 0 saturated carbocycles. The number of nitrogens with one attached hydrogen (secondary N) is 1. The van der Waals surface area contributed by atoms with Gasteiger partial charge < -0.3 is 5.32 Å². The maximum atomic E-state index is 11.8. The fourth-order valence-corrected chi connectivity index (χ4v) is 3.77. The number of hydrogen-bond acceptors (Lipinski definition) is 5. The van der Waals surface area contributed by atoms with Crippen LogP contribution in [0.2, 0.25) is 0 Å². The molecule has 112 valence electrons. The van der Waals surface area contributed by atoms with Crippen molar-refractivity contribution in [2.75, 3.05) is 5.75 Å². The molecule has 2 aromatic rings. The smallest absolute Gasteiger partial charge is 0.230 e. The lowest BCUT2D eigenvalue weighted by Crippen LogP contribution is -2.33. The first kappa shape index (κ1) is 16.2. The molecule has 1 aromatic heterocycles. The zero-order valence-electron chi connectivity index (χ0n) is 11.9. The van der Waals surface area contributed by atoms with Crippen LogP contribution in [0.15, 0.2) is 34.7 Å². The summed E-state index contributed by atoms with van der Waals surface area (Å²) in [5.74, 6) is 0.392. The van der Waals surface area contributed by atoms with Crippen molar-refractivity contribution < 1.29 is 4.79 Å². The Hall–Kier alpha value is -1.18. The second-order valence-electron chi connectivity index (χ2n) is 4.55. The molecule has 21 heavy (non-hydrogen) atoms. The monoisotopic (exact) mass is 339 g/mol. The van der Waals surface area contributed by atoms with Gasteiger partial charge in [-0.15, -0.1) is 5.10 Å². The molecule has 0 aliphatic carbocycles. The fraction of sp³-hybridized carbons (Fsp3) is 0.357. The Morgan fingerprint density at radius 3 is 2.86 bits per heavy atom. The van der Waals surface area contributed by atoms with E-state index in [-0.39, 0.29) is 11.9 Å². The Kier molecular flexibility index (Phi) is 5.96. The highest BCUT2D eigenvalue weighted by Crippen LogP contribution is 2.23. The summed E-state index contributed by atoms with van der Waals surface area (Å²) in [5.41, 5.74) is 0.939. The predicted octanol–water partition coefficient (Wildman–Crippen LogP) is 3.67. The van der Waals surface area contributed by atoms with E-state index in [0.29, 0.717) is 9.71 Å². The van der Waals surface area contributed by atoms with Crippen LogP contribution >= 0.6 is 35.3 Å². The van der Waals surface area contributed by atoms with Gasteiger partial charge in [-0.25, -0.2) is 4.68 Å². The second kappa shape index (κ2) is 7.72. The molecule has 0 aliphatic rings. The third-order valence-electron chi connectivity index (χ3n) is 2.88. The fourth-order valence-electron chi connectivity index (χ4n) is 1.60. The molecule has 7 heteroatoms. The highest BCUT2D eigenvalue weighted by molar-refractivity contribution is 8.01. The second-order valence-corrected chi connectivity index (χ2v) is 7.39. The largest absolute Gasteiger partial charge is 0.353 e. The van der Waals surface area contributed by atoms with Crippen LogP contribution in [0.1, 0.15) is 20.3 Å². The van der Waals surface area contributed by atoms with Gasteiger partial charge in [0, 0.05) is 6.04 Å². The number of nitrogens with zero attached hydrogens (tertiary/aromatic N) is 2. The lowest BCUT2D eigenvalue weighted by molar-refractivity contribution is -0.119. The third-order valence-corrected chi connectivity index (χ3v) is 5.24. The summed E-state index contributed by atoms with van der Waals surface area (Å²) >= 11 is 8.17. The number of benzene rings is 1. The molecular weight excluding hydrogens is 322 g/mol. The van der Waals surface area contributed by atoms with Crippen LogP contribution < -0.4 is 5.32 Å². The number of para-hydroxylation sites is 1. The summed E-state index contributed by atoms with van der Waals surface area (Å²) in [6.07, 6.45) is 0.929. The predicted molar refractivity (Wildman–Crippen MR) is 90.9 cm³/mol. The third kappa shape index (κ3) is 4.66. The quantitative estimate of drug-likeness (QED) is 0.644. The van der Waals surface area contributed by atoms with Crippen LogP contribution in [-0.4, -0.2) is 27.5 Å². The van der Waals surface area contributed by atoms with Gasteiger partial charge in [0.05, 0.1) is 11.4 Å². The summed E-state index contributed by atoms with van der Waals surface area (Å²) < 4.78 is 3.23. The van der Waals surface area contributed by atoms with Crippen molar-refractivity contribution in [2.24, 2.45) is 0 Å². The van der Waals surface area contributed by atoms with Crippen molar-refractivity contribution in [1.29, 1.82) is 0 Å². The van der Waals surface area contributed by atoms with E-state index in [1.807, 2.05) is 44.2 Å². The minimum atomic E-state index is 0.0294. The topological polar surface area (TPSA) is 46.9 Å². The van der Waals surface area contributed by atoms with Gasteiger partial charge >= 0.3 is 0 Å². The molecule has 0 aliphatic heterocycles. The minimum Gasteiger partial charge on any atom is -0.353 e. The first-order valence-corrected chi connectivity index (χ1v) is 8.89. The van der Waals surface area contributed by atoms with Gasteiger partial charge in [-0.3, -0.25) is 4.79 Å². The van der Waals surface area contributed by atoms with E-state index in [9.17, 15) is 4.79 Å². The molecule has 4 nitrogen and oxygen atoms in total. The maximum absolute atomic E-state index is 11.8. The van der Waals surface area contributed by atoms with Crippen molar-refractivity contribution in [3.05, 3.63) is 34.3 Å². The molecule has 0 unspecified atom stereocenters. The molecule has 0 saturated heterocycles. The highest BCUT2D eigenvalue weighted by Gasteiger charge is 2.10. The summed E-state index contributed by atoms with van der Waals surface area (Å²) in [7, 11) is 0. The van der Waals surface area contributed by atoms with Crippen molar-refractivity contribution in [1.82, 2.24) is 15.1 Å². The molecule has 0 bridgehead atoms. The average Bonchev–Trinajstić information content (AvgIpc) is 2.87. The molecule has 1 N–H and O–H groups in total. The van der Waals surface area contributed by atoms with Crippen molar-refractivity contribution in [2.45, 2.75) is 30.6 Å². The summed E-state index contributed by atoms with van der Waals surface area (Å²) in [4.78, 5) is 11.8. The lowest BCUT2D eigenvalue weighted by Gasteiger charge is -2.10. The molecule has 0 fully saturated rings. The van der Waals surface area contributed by atoms with E-state index < -0.39 is 0 Å². The van der Waals surface area contributed by atoms with E-state index in [1.54, 1.807) is 4.68 Å². The van der Waals surface area contributed by atoms with E-state index in [2.05, 4.69) is 10.4 Å². The van der Waals surface area contributed by atoms with Gasteiger partial charge in [0.2, 0.25) is 5.91 Å². The first-order chi connectivity index (χ1) is 10.1. The van der Waals surface area contributed by atoms with Gasteiger partial charge in [-0.1, -0.05) is 48.2 Å². The normalized spacial score (nSPS) is 12.1. The van der Waals surface area contributed by atoms with Crippen molar-refractivity contribution >= 4 is 41.2 Å². The Morgan fingerprint density at radius 1 is 1.48 bits per heavy atom. The molecular formula is C14H17N3OS3. The zero-order valence-corrected chi connectivity index (χ0v) is 14.4. The molecule has 2 rings (SSSR count). The van der Waals surface area contributed by atoms with Crippen LogP contribution in [0.5, 0.6) is 0 Å². The average molecular weight is 340 g/mol. The Bertz CT molecular complexity index is 651. The number of carbonyl (C=O) groups excluding carboxylic acids is 1. The Morgan fingerprint density at radius 2 is 2.19 bits per heavy atom. The molecule has 1 amide bonds. The Labute approximate surface area is 137 Å². The molecule has 1 heterocycles. The minimum absolute atomic E-state index is 0.0294. The number of amides is 1. The van der Waals surface area contributed by atoms with E-state index in [4.69, 9.17) is 12.2 Å². The number of hydrogen-bond donors (Lipinski definition) is 1. The number of thioether (sulfide) groups is 1. The molecule has 0 radical (unpaired) electrons. The standard InChI is InChI=1S/C14H17N3OS3/c1-3-10(2)15-12(18)9-20-13-16-17(14(19)21-13)11-7-5-4-6-8-11/h4-8,10H,3,9H2,1-2H3,(H,15,18)/t10-/m0/s1. The van der Waals surface area contributed by atoms with E-state index in [1.165, 1.54) is 23.1 Å². The molecule has 0 spiro atoms. The van der Waals surface area contributed by atoms with Crippen molar-refractivity contribution in [3.8, 4) is 5.69 Å². The molecule has 1 atom stereocenters. The van der Waals surface area contributed by atoms with Crippen LogP contribution in [0.3, 0.4) is 0 Å². The van der Waals surface area contributed by atoms with Crippen LogP contribution in [0.25, 0.3) is 5.69 Å². The first-order valence-electron chi connectivity index (χ1n) is 6.68. The zero-order chi connectivity index (χ0) is 15.2. The summed E-state index contributed by atoms with van der Waals surface area (Å²) in [5, 5.41) is 7.40.